The van der Waals surface area contributed by atoms with Crippen LogP contribution >= 0.6 is 0 Å². The molecule has 50 heavy (non-hydrogen) atoms. The second-order valence-electron chi connectivity index (χ2n) is 12.4. The molecule has 9 heteroatoms. The Balaban J connectivity index is 1.67. The highest BCUT2D eigenvalue weighted by Crippen LogP contribution is 2.47. The standard InChI is InChI=1S/C41H25F6N3/c1-23-10-8-14-31-29-12-4-6-16-33(29)49(38(23)31)35-21-27(41(45,46)47)22-36(37(35)25-18-26(40(42,43)44)20-28(19-25)48-3)50-34-17-7-5-13-30(34)32-15-9-11-24(2)39(32)50/h4-22H,1-2H3. The normalized spacial score (nSPS) is 12.4. The highest BCUT2D eigenvalue weighted by atomic mass is 19.4. The molecule has 0 aliphatic rings. The van der Waals surface area contributed by atoms with Crippen LogP contribution in [0.4, 0.5) is 32.0 Å². The van der Waals surface area contributed by atoms with Gasteiger partial charge in [0, 0.05) is 32.7 Å². The molecule has 2 heterocycles. The summed E-state index contributed by atoms with van der Waals surface area (Å²) in [6, 6.07) is 30.8. The minimum absolute atomic E-state index is 0.0325. The van der Waals surface area contributed by atoms with Crippen LogP contribution in [0.25, 0.3) is 71.0 Å². The van der Waals surface area contributed by atoms with E-state index >= 15 is 13.2 Å². The van der Waals surface area contributed by atoms with Crippen molar-refractivity contribution >= 4 is 49.3 Å². The second kappa shape index (κ2) is 11.0. The lowest BCUT2D eigenvalue weighted by Crippen LogP contribution is -2.12. The zero-order valence-electron chi connectivity index (χ0n) is 26.6. The first-order chi connectivity index (χ1) is 23.9. The van der Waals surface area contributed by atoms with Gasteiger partial charge in [-0.05, 0) is 73.0 Å². The van der Waals surface area contributed by atoms with Crippen LogP contribution in [0.2, 0.25) is 0 Å². The first kappa shape index (κ1) is 31.3. The summed E-state index contributed by atoms with van der Waals surface area (Å²) < 4.78 is 92.1. The minimum Gasteiger partial charge on any atom is -0.308 e. The van der Waals surface area contributed by atoms with Crippen molar-refractivity contribution in [2.45, 2.75) is 26.2 Å². The summed E-state index contributed by atoms with van der Waals surface area (Å²) >= 11 is 0. The third-order valence-electron chi connectivity index (χ3n) is 9.36. The van der Waals surface area contributed by atoms with E-state index in [1.54, 1.807) is 33.4 Å². The maximum absolute atomic E-state index is 15.1. The quantitative estimate of drug-likeness (QED) is 0.131. The molecule has 8 aromatic rings. The summed E-state index contributed by atoms with van der Waals surface area (Å²) in [5, 5.41) is 3.11. The molecule has 0 spiro atoms. The molecule has 246 valence electrons. The van der Waals surface area contributed by atoms with Crippen LogP contribution in [0.15, 0.2) is 115 Å². The highest BCUT2D eigenvalue weighted by molar-refractivity contribution is 6.13. The molecule has 0 amide bonds. The summed E-state index contributed by atoms with van der Waals surface area (Å²) in [5.74, 6) is 0. The number of aromatic nitrogens is 2. The van der Waals surface area contributed by atoms with Crippen LogP contribution in [0.1, 0.15) is 22.3 Å². The van der Waals surface area contributed by atoms with E-state index in [0.29, 0.717) is 22.1 Å². The monoisotopic (exact) mass is 673 g/mol. The van der Waals surface area contributed by atoms with Crippen LogP contribution in [0, 0.1) is 20.4 Å². The second-order valence-corrected chi connectivity index (χ2v) is 12.4. The predicted molar refractivity (Wildman–Crippen MR) is 186 cm³/mol. The molecule has 8 rings (SSSR count). The van der Waals surface area contributed by atoms with Gasteiger partial charge in [0.1, 0.15) is 0 Å². The summed E-state index contributed by atoms with van der Waals surface area (Å²) in [5.41, 5.74) is 1.75. The van der Waals surface area contributed by atoms with Crippen LogP contribution in [-0.4, -0.2) is 9.13 Å². The molecule has 0 unspecified atom stereocenters. The molecule has 0 radical (unpaired) electrons. The van der Waals surface area contributed by atoms with E-state index in [1.165, 1.54) is 6.07 Å². The Bertz CT molecular complexity index is 2580. The maximum atomic E-state index is 15.1. The third-order valence-corrected chi connectivity index (χ3v) is 9.36. The van der Waals surface area contributed by atoms with Crippen molar-refractivity contribution in [2.75, 3.05) is 0 Å². The summed E-state index contributed by atoms with van der Waals surface area (Å²) in [6.07, 6.45) is -9.65. The van der Waals surface area contributed by atoms with Gasteiger partial charge in [-0.15, -0.1) is 0 Å². The van der Waals surface area contributed by atoms with Crippen molar-refractivity contribution < 1.29 is 26.3 Å². The van der Waals surface area contributed by atoms with Gasteiger partial charge in [-0.1, -0.05) is 72.8 Å². The number of aryl methyl sites for hydroxylation is 2. The van der Waals surface area contributed by atoms with E-state index in [1.807, 2.05) is 74.5 Å². The Kier molecular flexibility index (Phi) is 6.88. The average Bonchev–Trinajstić information content (AvgIpc) is 3.61. The molecule has 0 saturated carbocycles. The van der Waals surface area contributed by atoms with Gasteiger partial charge in [0.25, 0.3) is 0 Å². The zero-order valence-corrected chi connectivity index (χ0v) is 26.6. The van der Waals surface area contributed by atoms with Crippen molar-refractivity contribution in [1.29, 1.82) is 0 Å². The third kappa shape index (κ3) is 4.74. The van der Waals surface area contributed by atoms with Gasteiger partial charge in [-0.2, -0.15) is 26.3 Å². The fraction of sp³-hybridized carbons (Fsp3) is 0.0976. The van der Waals surface area contributed by atoms with E-state index in [9.17, 15) is 13.2 Å². The fourth-order valence-corrected chi connectivity index (χ4v) is 7.29. The molecule has 2 aromatic heterocycles. The Hall–Kier alpha value is -6.01. The number of hydrogen-bond donors (Lipinski definition) is 0. The lowest BCUT2D eigenvalue weighted by Gasteiger charge is -2.24. The van der Waals surface area contributed by atoms with Gasteiger partial charge in [-0.25, -0.2) is 4.85 Å². The first-order valence-electron chi connectivity index (χ1n) is 15.7. The van der Waals surface area contributed by atoms with Crippen LogP contribution < -0.4 is 0 Å². The number of benzene rings is 6. The molecular formula is C41H25F6N3. The lowest BCUT2D eigenvalue weighted by molar-refractivity contribution is -0.138. The van der Waals surface area contributed by atoms with Crippen molar-refractivity contribution in [3.63, 3.8) is 0 Å². The lowest BCUT2D eigenvalue weighted by atomic mass is 9.95. The SMILES string of the molecule is [C-]#[N+]c1cc(-c2c(-n3c4ccccc4c4cccc(C)c43)cc(C(F)(F)F)cc2-n2c3ccccc3c3cccc(C)c32)cc(C(F)(F)F)c1. The van der Waals surface area contributed by atoms with E-state index in [-0.39, 0.29) is 28.2 Å². The molecule has 0 saturated heterocycles. The van der Waals surface area contributed by atoms with Crippen molar-refractivity contribution in [2.24, 2.45) is 0 Å². The topological polar surface area (TPSA) is 14.2 Å². The Labute approximate surface area is 282 Å². The maximum Gasteiger partial charge on any atom is 0.416 e. The number of para-hydroxylation sites is 4. The number of nitrogens with zero attached hydrogens (tertiary/aromatic N) is 3. The highest BCUT2D eigenvalue weighted by Gasteiger charge is 2.36. The van der Waals surface area contributed by atoms with Crippen molar-refractivity contribution in [1.82, 2.24) is 9.13 Å². The molecular weight excluding hydrogens is 648 g/mol. The van der Waals surface area contributed by atoms with Gasteiger partial charge < -0.3 is 9.13 Å². The fourth-order valence-electron chi connectivity index (χ4n) is 7.29. The Morgan fingerprint density at radius 2 is 0.960 bits per heavy atom. The van der Waals surface area contributed by atoms with E-state index in [0.717, 1.165) is 56.9 Å². The zero-order chi connectivity index (χ0) is 35.1. The Morgan fingerprint density at radius 3 is 1.42 bits per heavy atom. The number of alkyl halides is 6. The van der Waals surface area contributed by atoms with E-state index < -0.39 is 23.5 Å². The molecule has 0 aliphatic carbocycles. The summed E-state index contributed by atoms with van der Waals surface area (Å²) in [7, 11) is 0. The van der Waals surface area contributed by atoms with Gasteiger partial charge in [0.2, 0.25) is 0 Å². The van der Waals surface area contributed by atoms with Gasteiger partial charge in [0.15, 0.2) is 5.69 Å². The smallest absolute Gasteiger partial charge is 0.308 e. The van der Waals surface area contributed by atoms with Crippen LogP contribution in [0.5, 0.6) is 0 Å². The Morgan fingerprint density at radius 1 is 0.520 bits per heavy atom. The van der Waals surface area contributed by atoms with Gasteiger partial charge in [0.05, 0.1) is 45.6 Å². The molecule has 0 fully saturated rings. The van der Waals surface area contributed by atoms with Gasteiger partial charge in [-0.3, -0.25) is 0 Å². The number of rotatable bonds is 3. The molecule has 0 bridgehead atoms. The minimum atomic E-state index is -4.82. The van der Waals surface area contributed by atoms with Crippen molar-refractivity contribution in [3.05, 3.63) is 149 Å². The molecule has 0 aliphatic heterocycles. The molecule has 3 nitrogen and oxygen atoms in total. The van der Waals surface area contributed by atoms with E-state index in [2.05, 4.69) is 4.85 Å². The summed E-state index contributed by atoms with van der Waals surface area (Å²) in [4.78, 5) is 3.36. The first-order valence-corrected chi connectivity index (χ1v) is 15.7. The van der Waals surface area contributed by atoms with E-state index in [4.69, 9.17) is 6.57 Å². The van der Waals surface area contributed by atoms with Crippen LogP contribution in [-0.2, 0) is 12.4 Å². The van der Waals surface area contributed by atoms with Crippen molar-refractivity contribution in [3.8, 4) is 22.5 Å². The molecule has 0 N–H and O–H groups in total. The number of fused-ring (bicyclic) bond motifs is 6. The predicted octanol–water partition coefficient (Wildman–Crippen LogP) is 12.8. The molecule has 0 atom stereocenters. The number of halogens is 6. The van der Waals surface area contributed by atoms with Gasteiger partial charge >= 0.3 is 12.4 Å². The summed E-state index contributed by atoms with van der Waals surface area (Å²) in [6.45, 7) is 11.4. The van der Waals surface area contributed by atoms with Crippen LogP contribution in [0.3, 0.4) is 0 Å². The largest absolute Gasteiger partial charge is 0.416 e. The average molecular weight is 674 g/mol. The molecule has 6 aromatic carbocycles. The number of hydrogen-bond acceptors (Lipinski definition) is 0.